The van der Waals surface area contributed by atoms with E-state index in [0.29, 0.717) is 0 Å². The van der Waals surface area contributed by atoms with Crippen molar-refractivity contribution in [1.29, 1.82) is 0 Å². The zero-order valence-corrected chi connectivity index (χ0v) is 33.3. The molecule has 1 nitrogen and oxygen atoms in total. The molecule has 0 bridgehead atoms. The van der Waals surface area contributed by atoms with Gasteiger partial charge in [0.15, 0.2) is 0 Å². The highest BCUT2D eigenvalue weighted by molar-refractivity contribution is 7.26. The van der Waals surface area contributed by atoms with Crippen molar-refractivity contribution in [1.82, 2.24) is 0 Å². The van der Waals surface area contributed by atoms with Crippen LogP contribution in [-0.4, -0.2) is 0 Å². The summed E-state index contributed by atoms with van der Waals surface area (Å²) in [6.07, 6.45) is 6.78. The molecule has 0 aliphatic heterocycles. The largest absolute Gasteiger partial charge is 0.309 e. The number of nitrogens with zero attached hydrogens (tertiary/aromatic N) is 1. The van der Waals surface area contributed by atoms with Gasteiger partial charge in [0.1, 0.15) is 0 Å². The highest BCUT2D eigenvalue weighted by atomic mass is 32.1. The molecule has 12 rings (SSSR count). The number of aryl methyl sites for hydroxylation is 1. The molecule has 0 unspecified atom stereocenters. The van der Waals surface area contributed by atoms with E-state index in [1.54, 1.807) is 0 Å². The Morgan fingerprint density at radius 1 is 0.458 bits per heavy atom. The lowest BCUT2D eigenvalue weighted by atomic mass is 9.67. The fraction of sp³-hybridized carbons (Fsp3) is 0.0526. The smallest absolute Gasteiger partial charge is 0.0714 e. The monoisotopic (exact) mass is 769 g/mol. The van der Waals surface area contributed by atoms with Crippen LogP contribution >= 0.6 is 11.3 Å². The van der Waals surface area contributed by atoms with Crippen molar-refractivity contribution in [2.75, 3.05) is 4.90 Å². The third kappa shape index (κ3) is 5.16. The average molecular weight is 770 g/mol. The van der Waals surface area contributed by atoms with Crippen LogP contribution in [0.4, 0.5) is 17.1 Å². The molecule has 2 aliphatic carbocycles. The Kier molecular flexibility index (Phi) is 7.83. The summed E-state index contributed by atoms with van der Waals surface area (Å²) >= 11 is 1.88. The summed E-state index contributed by atoms with van der Waals surface area (Å²) < 4.78 is 2.58. The Hall–Kier alpha value is -7.00. The molecular formula is C57H39NS. The maximum atomic E-state index is 2.52. The van der Waals surface area contributed by atoms with Gasteiger partial charge in [0.2, 0.25) is 0 Å². The van der Waals surface area contributed by atoms with E-state index in [0.717, 1.165) is 24.2 Å². The Bertz CT molecular complexity index is 3240. The van der Waals surface area contributed by atoms with Crippen LogP contribution in [0, 0.1) is 0 Å². The summed E-state index contributed by atoms with van der Waals surface area (Å²) in [4.78, 5) is 2.52. The second kappa shape index (κ2) is 13.6. The number of thiophene rings is 1. The third-order valence-corrected chi connectivity index (χ3v) is 14.0. The molecule has 10 aromatic rings. The molecule has 2 heteroatoms. The predicted octanol–water partition coefficient (Wildman–Crippen LogP) is 15.7. The first-order valence-electron chi connectivity index (χ1n) is 20.6. The van der Waals surface area contributed by atoms with E-state index in [-0.39, 0.29) is 0 Å². The molecule has 2 aliphatic rings. The molecule has 0 saturated heterocycles. The van der Waals surface area contributed by atoms with Crippen LogP contribution in [0.25, 0.3) is 59.3 Å². The SMILES string of the molecule is C1=Cc2c(cc(-c3cccc(N(c4ccc5c(c4)C(c4ccccc4)(c4ccccc4)c4ccccc4-5)c4cccc5c4sc4ccccc45)c3)c3ccccc23)CC1. The third-order valence-electron chi connectivity index (χ3n) is 12.8. The van der Waals surface area contributed by atoms with Gasteiger partial charge in [-0.2, -0.15) is 0 Å². The highest BCUT2D eigenvalue weighted by Crippen LogP contribution is 2.57. The Balaban J connectivity index is 1.14. The van der Waals surface area contributed by atoms with Crippen molar-refractivity contribution in [2.45, 2.75) is 18.3 Å². The van der Waals surface area contributed by atoms with Crippen molar-refractivity contribution >= 4 is 65.4 Å². The van der Waals surface area contributed by atoms with E-state index in [2.05, 4.69) is 217 Å². The van der Waals surface area contributed by atoms with E-state index >= 15 is 0 Å². The fourth-order valence-electron chi connectivity index (χ4n) is 10.3. The molecule has 59 heavy (non-hydrogen) atoms. The lowest BCUT2D eigenvalue weighted by Gasteiger charge is -2.35. The number of anilines is 3. The first-order chi connectivity index (χ1) is 29.3. The topological polar surface area (TPSA) is 3.24 Å². The number of hydrogen-bond acceptors (Lipinski definition) is 2. The minimum atomic E-state index is -0.502. The molecule has 1 heterocycles. The minimum Gasteiger partial charge on any atom is -0.309 e. The highest BCUT2D eigenvalue weighted by Gasteiger charge is 2.46. The Morgan fingerprint density at radius 3 is 1.95 bits per heavy atom. The quantitative estimate of drug-likeness (QED) is 0.163. The summed E-state index contributed by atoms with van der Waals surface area (Å²) in [7, 11) is 0. The van der Waals surface area contributed by atoms with Crippen LogP contribution in [0.3, 0.4) is 0 Å². The second-order valence-electron chi connectivity index (χ2n) is 15.9. The van der Waals surface area contributed by atoms with E-state index in [1.807, 2.05) is 11.3 Å². The van der Waals surface area contributed by atoms with Crippen LogP contribution in [0.1, 0.15) is 39.8 Å². The van der Waals surface area contributed by atoms with Crippen LogP contribution in [0.2, 0.25) is 0 Å². The summed E-state index contributed by atoms with van der Waals surface area (Å²) in [5.41, 5.74) is 16.0. The summed E-state index contributed by atoms with van der Waals surface area (Å²) in [6, 6.07) is 74.8. The van der Waals surface area contributed by atoms with Gasteiger partial charge in [-0.25, -0.2) is 0 Å². The predicted molar refractivity (Wildman–Crippen MR) is 252 cm³/mol. The lowest BCUT2D eigenvalue weighted by molar-refractivity contribution is 0.768. The van der Waals surface area contributed by atoms with Crippen LogP contribution < -0.4 is 4.90 Å². The van der Waals surface area contributed by atoms with Gasteiger partial charge in [0.05, 0.1) is 15.8 Å². The molecule has 0 spiro atoms. The van der Waals surface area contributed by atoms with Crippen molar-refractivity contribution in [3.63, 3.8) is 0 Å². The molecule has 0 fully saturated rings. The van der Waals surface area contributed by atoms with E-state index in [9.17, 15) is 0 Å². The van der Waals surface area contributed by atoms with E-state index in [4.69, 9.17) is 0 Å². The molecule has 0 radical (unpaired) electrons. The van der Waals surface area contributed by atoms with Gasteiger partial charge in [-0.15, -0.1) is 11.3 Å². The van der Waals surface area contributed by atoms with Crippen LogP contribution in [-0.2, 0) is 11.8 Å². The number of rotatable bonds is 6. The molecule has 0 saturated carbocycles. The van der Waals surface area contributed by atoms with Gasteiger partial charge >= 0.3 is 0 Å². The minimum absolute atomic E-state index is 0.502. The van der Waals surface area contributed by atoms with Crippen molar-refractivity contribution < 1.29 is 0 Å². The number of hydrogen-bond donors (Lipinski definition) is 0. The van der Waals surface area contributed by atoms with Crippen molar-refractivity contribution in [3.05, 3.63) is 240 Å². The van der Waals surface area contributed by atoms with Gasteiger partial charge in [-0.1, -0.05) is 170 Å². The zero-order chi connectivity index (χ0) is 38.9. The van der Waals surface area contributed by atoms with Crippen molar-refractivity contribution in [2.24, 2.45) is 0 Å². The van der Waals surface area contributed by atoms with Gasteiger partial charge in [-0.3, -0.25) is 0 Å². The first-order valence-corrected chi connectivity index (χ1v) is 21.5. The molecule has 0 amide bonds. The average Bonchev–Trinajstić information content (AvgIpc) is 3.84. The molecule has 9 aromatic carbocycles. The maximum Gasteiger partial charge on any atom is 0.0714 e. The summed E-state index contributed by atoms with van der Waals surface area (Å²) in [6.45, 7) is 0. The zero-order valence-electron chi connectivity index (χ0n) is 32.5. The van der Waals surface area contributed by atoms with Crippen LogP contribution in [0.15, 0.2) is 206 Å². The van der Waals surface area contributed by atoms with Crippen molar-refractivity contribution in [3.8, 4) is 22.3 Å². The molecule has 0 atom stereocenters. The molecule has 1 aromatic heterocycles. The molecule has 0 N–H and O–H groups in total. The Morgan fingerprint density at radius 2 is 1.12 bits per heavy atom. The summed E-state index contributed by atoms with van der Waals surface area (Å²) in [5.74, 6) is 0. The standard InChI is InChI=1S/C57H39NS/c1-3-19-40(20-4-1)57(41-21-5-2-6-22-41)52-30-13-11-27-47(52)48-34-33-43(37-53(48)57)58(54-31-16-29-50-49-28-12-14-32-55(49)59-56(50)54)42-23-15-18-38(35-42)51-36-39-17-7-8-24-44(39)45-25-9-10-26-46(45)51/h1-6,8-16,18-37H,7,17H2. The summed E-state index contributed by atoms with van der Waals surface area (Å²) in [5, 5.41) is 5.20. The van der Waals surface area contributed by atoms with E-state index < -0.39 is 5.41 Å². The molecular weight excluding hydrogens is 731 g/mol. The lowest BCUT2D eigenvalue weighted by Crippen LogP contribution is -2.28. The second-order valence-corrected chi connectivity index (χ2v) is 16.9. The van der Waals surface area contributed by atoms with Gasteiger partial charge in [-0.05, 0) is 122 Å². The number of benzene rings is 9. The van der Waals surface area contributed by atoms with Gasteiger partial charge in [0, 0.05) is 26.8 Å². The van der Waals surface area contributed by atoms with Gasteiger partial charge < -0.3 is 4.90 Å². The van der Waals surface area contributed by atoms with Crippen LogP contribution in [0.5, 0.6) is 0 Å². The number of fused-ring (bicyclic) bond motifs is 9. The normalized spacial score (nSPS) is 13.7. The fourth-order valence-corrected chi connectivity index (χ4v) is 11.5. The van der Waals surface area contributed by atoms with E-state index in [1.165, 1.54) is 92.3 Å². The first kappa shape index (κ1) is 34.1. The van der Waals surface area contributed by atoms with Gasteiger partial charge in [0.25, 0.3) is 0 Å². The Labute approximate surface area is 348 Å². The number of allylic oxidation sites excluding steroid dienone is 1. The maximum absolute atomic E-state index is 2.52. The molecule has 278 valence electrons.